The van der Waals surface area contributed by atoms with Gasteiger partial charge in [0.1, 0.15) is 5.69 Å². The van der Waals surface area contributed by atoms with E-state index < -0.39 is 0 Å². The van der Waals surface area contributed by atoms with E-state index in [4.69, 9.17) is 4.94 Å². The molecular formula is C15H17N3O2. The number of benzene rings is 1. The number of pyridine rings is 1. The maximum atomic E-state index is 12.0. The smallest absolute Gasteiger partial charge is 0.265 e. The van der Waals surface area contributed by atoms with E-state index in [1.54, 1.807) is 11.1 Å². The van der Waals surface area contributed by atoms with Crippen LogP contribution in [0.2, 0.25) is 0 Å². The molecule has 0 unspecified atom stereocenters. The van der Waals surface area contributed by atoms with Crippen molar-refractivity contribution in [1.29, 1.82) is 0 Å². The van der Waals surface area contributed by atoms with Crippen molar-refractivity contribution in [2.75, 3.05) is 13.1 Å². The Morgan fingerprint density at radius 3 is 2.75 bits per heavy atom. The number of carbonyl (C=O) groups is 1. The number of rotatable bonds is 3. The fourth-order valence-electron chi connectivity index (χ4n) is 2.31. The van der Waals surface area contributed by atoms with E-state index in [0.717, 1.165) is 36.8 Å². The molecule has 1 fully saturated rings. The summed E-state index contributed by atoms with van der Waals surface area (Å²) in [7, 11) is 0. The molecule has 0 bridgehead atoms. The maximum Gasteiger partial charge on any atom is 0.294 e. The second-order valence-corrected chi connectivity index (χ2v) is 4.90. The second kappa shape index (κ2) is 5.98. The highest BCUT2D eigenvalue weighted by Crippen LogP contribution is 2.12. The van der Waals surface area contributed by atoms with Crippen molar-refractivity contribution in [3.8, 4) is 0 Å². The summed E-state index contributed by atoms with van der Waals surface area (Å²) in [5.41, 5.74) is 3.62. The Labute approximate surface area is 117 Å². The highest BCUT2D eigenvalue weighted by Gasteiger charge is 2.14. The standard InChI is InChI=1S/C15H17N3O2/c19-15(17-20-18-10-4-1-5-11-18)14-9-8-12-6-2-3-7-13(12)16-14/h2-3,6-9H,1,4-5,10-11H2,(H,17,19). The van der Waals surface area contributed by atoms with Crippen molar-refractivity contribution >= 4 is 16.8 Å². The van der Waals surface area contributed by atoms with E-state index in [1.807, 2.05) is 30.3 Å². The number of aromatic nitrogens is 1. The summed E-state index contributed by atoms with van der Waals surface area (Å²) in [6, 6.07) is 11.3. The van der Waals surface area contributed by atoms with Crippen LogP contribution >= 0.6 is 0 Å². The van der Waals surface area contributed by atoms with Crippen LogP contribution in [0.25, 0.3) is 10.9 Å². The van der Waals surface area contributed by atoms with Gasteiger partial charge in [-0.3, -0.25) is 4.79 Å². The van der Waals surface area contributed by atoms with Crippen LogP contribution in [0.5, 0.6) is 0 Å². The summed E-state index contributed by atoms with van der Waals surface area (Å²) in [4.78, 5) is 21.6. The number of nitrogens with one attached hydrogen (secondary N) is 1. The van der Waals surface area contributed by atoms with E-state index >= 15 is 0 Å². The molecule has 1 N–H and O–H groups in total. The lowest BCUT2D eigenvalue weighted by atomic mass is 10.2. The third-order valence-electron chi connectivity index (χ3n) is 3.41. The Morgan fingerprint density at radius 2 is 1.90 bits per heavy atom. The number of fused-ring (bicyclic) bond motifs is 1. The van der Waals surface area contributed by atoms with E-state index in [2.05, 4.69) is 10.5 Å². The Morgan fingerprint density at radius 1 is 1.10 bits per heavy atom. The van der Waals surface area contributed by atoms with Crippen molar-refractivity contribution in [3.63, 3.8) is 0 Å². The second-order valence-electron chi connectivity index (χ2n) is 4.90. The lowest BCUT2D eigenvalue weighted by Gasteiger charge is -2.24. The zero-order valence-electron chi connectivity index (χ0n) is 11.2. The first-order valence-corrected chi connectivity index (χ1v) is 6.91. The van der Waals surface area contributed by atoms with Crippen LogP contribution in [-0.2, 0) is 4.94 Å². The fraction of sp³-hybridized carbons (Fsp3) is 0.333. The number of nitrogens with zero attached hydrogens (tertiary/aromatic N) is 2. The van der Waals surface area contributed by atoms with Crippen LogP contribution in [-0.4, -0.2) is 29.0 Å². The zero-order chi connectivity index (χ0) is 13.8. The molecule has 1 aromatic carbocycles. The average molecular weight is 271 g/mol. The van der Waals surface area contributed by atoms with Crippen molar-refractivity contribution < 1.29 is 9.73 Å². The number of hydrogen-bond acceptors (Lipinski definition) is 4. The molecule has 5 nitrogen and oxygen atoms in total. The first kappa shape index (κ1) is 13.0. The zero-order valence-corrected chi connectivity index (χ0v) is 11.2. The molecule has 20 heavy (non-hydrogen) atoms. The van der Waals surface area contributed by atoms with Crippen LogP contribution in [0, 0.1) is 0 Å². The van der Waals surface area contributed by atoms with Gasteiger partial charge in [0.2, 0.25) is 0 Å². The molecule has 1 amide bonds. The van der Waals surface area contributed by atoms with Gasteiger partial charge in [-0.1, -0.05) is 30.7 Å². The number of amides is 1. The Kier molecular flexibility index (Phi) is 3.90. The van der Waals surface area contributed by atoms with E-state index in [-0.39, 0.29) is 5.91 Å². The Balaban J connectivity index is 1.65. The van der Waals surface area contributed by atoms with Crippen LogP contribution in [0.15, 0.2) is 36.4 Å². The number of carbonyl (C=O) groups excluding carboxylic acids is 1. The van der Waals surface area contributed by atoms with E-state index in [9.17, 15) is 4.79 Å². The molecule has 0 saturated carbocycles. The maximum absolute atomic E-state index is 12.0. The topological polar surface area (TPSA) is 54.5 Å². The molecule has 1 saturated heterocycles. The molecule has 1 aromatic heterocycles. The van der Waals surface area contributed by atoms with Gasteiger partial charge < -0.3 is 0 Å². The quantitative estimate of drug-likeness (QED) is 0.870. The third kappa shape index (κ3) is 2.95. The Bertz CT molecular complexity index is 609. The predicted molar refractivity (Wildman–Crippen MR) is 75.7 cm³/mol. The van der Waals surface area contributed by atoms with E-state index in [1.165, 1.54) is 6.42 Å². The van der Waals surface area contributed by atoms with Gasteiger partial charge in [0.25, 0.3) is 5.91 Å². The van der Waals surface area contributed by atoms with Gasteiger partial charge in [0, 0.05) is 18.5 Å². The molecule has 0 aliphatic carbocycles. The summed E-state index contributed by atoms with van der Waals surface area (Å²) in [5.74, 6) is -0.318. The normalized spacial score (nSPS) is 16.2. The van der Waals surface area contributed by atoms with Gasteiger partial charge in [0.15, 0.2) is 0 Å². The van der Waals surface area contributed by atoms with Gasteiger partial charge in [-0.25, -0.2) is 10.5 Å². The molecule has 5 heteroatoms. The molecule has 1 aliphatic heterocycles. The molecule has 3 rings (SSSR count). The van der Waals surface area contributed by atoms with Crippen LogP contribution in [0.1, 0.15) is 29.8 Å². The Hall–Kier alpha value is -1.98. The summed E-state index contributed by atoms with van der Waals surface area (Å²) in [6.07, 6.45) is 3.42. The minimum Gasteiger partial charge on any atom is -0.265 e. The predicted octanol–water partition coefficient (Wildman–Crippen LogP) is 2.30. The highest BCUT2D eigenvalue weighted by molar-refractivity contribution is 5.94. The molecule has 2 aromatic rings. The molecular weight excluding hydrogens is 254 g/mol. The lowest BCUT2D eigenvalue weighted by molar-refractivity contribution is -0.203. The SMILES string of the molecule is O=C(NON1CCCCC1)c1ccc2ccccc2n1. The van der Waals surface area contributed by atoms with Crippen LogP contribution in [0.3, 0.4) is 0 Å². The molecule has 2 heterocycles. The first-order chi connectivity index (χ1) is 9.83. The highest BCUT2D eigenvalue weighted by atomic mass is 16.8. The lowest BCUT2D eigenvalue weighted by Crippen LogP contribution is -2.38. The van der Waals surface area contributed by atoms with Gasteiger partial charge in [-0.15, -0.1) is 0 Å². The summed E-state index contributed by atoms with van der Waals surface area (Å²) in [5, 5.41) is 2.80. The molecule has 1 aliphatic rings. The van der Waals surface area contributed by atoms with E-state index in [0.29, 0.717) is 5.69 Å². The number of piperidine rings is 1. The number of hydrogen-bond donors (Lipinski definition) is 1. The average Bonchev–Trinajstić information content (AvgIpc) is 2.53. The number of para-hydroxylation sites is 1. The van der Waals surface area contributed by atoms with Crippen molar-refractivity contribution in [1.82, 2.24) is 15.5 Å². The van der Waals surface area contributed by atoms with Crippen LogP contribution in [0.4, 0.5) is 0 Å². The monoisotopic (exact) mass is 271 g/mol. The van der Waals surface area contributed by atoms with Crippen molar-refractivity contribution in [2.24, 2.45) is 0 Å². The molecule has 0 atom stereocenters. The first-order valence-electron chi connectivity index (χ1n) is 6.91. The molecule has 104 valence electrons. The minimum absolute atomic E-state index is 0.318. The minimum atomic E-state index is -0.318. The van der Waals surface area contributed by atoms with Gasteiger partial charge in [-0.2, -0.15) is 10.0 Å². The summed E-state index contributed by atoms with van der Waals surface area (Å²) in [6.45, 7) is 1.71. The summed E-state index contributed by atoms with van der Waals surface area (Å²) < 4.78 is 0. The largest absolute Gasteiger partial charge is 0.294 e. The van der Waals surface area contributed by atoms with Crippen molar-refractivity contribution in [3.05, 3.63) is 42.1 Å². The number of hydroxylamine groups is 3. The van der Waals surface area contributed by atoms with Gasteiger partial charge in [0.05, 0.1) is 5.52 Å². The molecule has 0 spiro atoms. The fourth-order valence-corrected chi connectivity index (χ4v) is 2.31. The van der Waals surface area contributed by atoms with Gasteiger partial charge in [-0.05, 0) is 25.0 Å². The third-order valence-corrected chi connectivity index (χ3v) is 3.41. The van der Waals surface area contributed by atoms with Gasteiger partial charge >= 0.3 is 0 Å². The summed E-state index contributed by atoms with van der Waals surface area (Å²) >= 11 is 0. The van der Waals surface area contributed by atoms with Crippen molar-refractivity contribution in [2.45, 2.75) is 19.3 Å². The van der Waals surface area contributed by atoms with Crippen LogP contribution < -0.4 is 5.48 Å². The molecule has 0 radical (unpaired) electrons.